The molecule has 0 aliphatic carbocycles. The van der Waals surface area contributed by atoms with E-state index in [1.54, 1.807) is 0 Å². The second-order valence-electron chi connectivity index (χ2n) is 33.1. The predicted octanol–water partition coefficient (Wildman–Crippen LogP) is 25.7. The molecule has 0 aromatic heterocycles. The van der Waals surface area contributed by atoms with Crippen LogP contribution >= 0.6 is 22.6 Å². The fourth-order valence-corrected chi connectivity index (χ4v) is 11.1. The zero-order chi connectivity index (χ0) is 64.5. The molecule has 0 heterocycles. The van der Waals surface area contributed by atoms with Crippen LogP contribution in [0, 0.1) is 3.57 Å². The molecule has 7 rings (SSSR count). The quantitative estimate of drug-likeness (QED) is 0.0845. The van der Waals surface area contributed by atoms with Gasteiger partial charge in [-0.05, 0) is 232 Å². The molecule has 0 fully saturated rings. The Balaban J connectivity index is 1.29. The highest BCUT2D eigenvalue weighted by Crippen LogP contribution is 2.36. The molecule has 0 radical (unpaired) electrons. The molecule has 7 aromatic rings. The Bertz CT molecular complexity index is 3210. The van der Waals surface area contributed by atoms with Crippen molar-refractivity contribution < 1.29 is 0 Å². The van der Waals surface area contributed by atoms with Crippen LogP contribution in [0.2, 0.25) is 0 Å². The highest BCUT2D eigenvalue weighted by molar-refractivity contribution is 14.1. The molecule has 0 nitrogen and oxygen atoms in total. The van der Waals surface area contributed by atoms with Gasteiger partial charge in [0.25, 0.3) is 0 Å². The van der Waals surface area contributed by atoms with Crippen LogP contribution in [-0.4, -0.2) is 0 Å². The fourth-order valence-electron chi connectivity index (χ4n) is 10.4. The lowest BCUT2D eigenvalue weighted by Gasteiger charge is -2.25. The van der Waals surface area contributed by atoms with Crippen molar-refractivity contribution in [3.05, 3.63) is 242 Å². The molecule has 456 valence electrons. The van der Waals surface area contributed by atoms with E-state index in [0.717, 1.165) is 44.5 Å². The first-order chi connectivity index (χ1) is 39.9. The Hall–Kier alpha value is -6.29. The summed E-state index contributed by atoms with van der Waals surface area (Å²) in [7, 11) is 0. The van der Waals surface area contributed by atoms with Gasteiger partial charge < -0.3 is 0 Å². The predicted molar refractivity (Wildman–Crippen MR) is 401 cm³/mol. The molecule has 1 heteroatoms. The van der Waals surface area contributed by atoms with Crippen LogP contribution in [0.1, 0.15) is 277 Å². The molecule has 0 N–H and O–H groups in total. The van der Waals surface area contributed by atoms with E-state index in [0.29, 0.717) is 0 Å². The smallest absolute Gasteiger partial charge is 0.0142 e. The Morgan fingerprint density at radius 1 is 0.161 bits per heavy atom. The van der Waals surface area contributed by atoms with Gasteiger partial charge in [0, 0.05) is 3.57 Å². The highest BCUT2D eigenvalue weighted by atomic mass is 127. The molecule has 87 heavy (non-hydrogen) atoms. The molecule has 0 spiro atoms. The van der Waals surface area contributed by atoms with Gasteiger partial charge in [0.2, 0.25) is 0 Å². The minimum Gasteiger partial charge on any atom is -0.0561 e. The van der Waals surface area contributed by atoms with Crippen LogP contribution in [0.25, 0.3) is 72.9 Å². The van der Waals surface area contributed by atoms with Crippen molar-refractivity contribution in [3.8, 4) is 0 Å². The maximum atomic E-state index is 2.48. The third kappa shape index (κ3) is 19.9. The van der Waals surface area contributed by atoms with Crippen molar-refractivity contribution >= 4 is 95.5 Å². The molecule has 0 bridgehead atoms. The van der Waals surface area contributed by atoms with Crippen molar-refractivity contribution in [3.63, 3.8) is 0 Å². The van der Waals surface area contributed by atoms with E-state index in [-0.39, 0.29) is 43.3 Å². The third-order valence-electron chi connectivity index (χ3n) is 16.5. The first-order valence-electron chi connectivity index (χ1n) is 31.8. The number of benzene rings is 7. The van der Waals surface area contributed by atoms with Crippen LogP contribution < -0.4 is 0 Å². The lowest BCUT2D eigenvalue weighted by Crippen LogP contribution is -2.16. The van der Waals surface area contributed by atoms with Crippen molar-refractivity contribution in [2.75, 3.05) is 0 Å². The van der Waals surface area contributed by atoms with Gasteiger partial charge in [-0.15, -0.1) is 0 Å². The maximum absolute atomic E-state index is 2.48. The fraction of sp³-hybridized carbons (Fsp3) is 0.372. The van der Waals surface area contributed by atoms with E-state index in [4.69, 9.17) is 0 Å². The average molecular weight is 1270 g/mol. The monoisotopic (exact) mass is 1260 g/mol. The average Bonchev–Trinajstić information content (AvgIpc) is 1.12. The summed E-state index contributed by atoms with van der Waals surface area (Å²) in [6.07, 6.45) is 27.5. The van der Waals surface area contributed by atoms with Gasteiger partial charge >= 0.3 is 0 Å². The van der Waals surface area contributed by atoms with E-state index in [2.05, 4.69) is 389 Å². The zero-order valence-electron chi connectivity index (χ0n) is 57.9. The van der Waals surface area contributed by atoms with Gasteiger partial charge in [0.05, 0.1) is 0 Å². The molecule has 0 unspecified atom stereocenters. The second-order valence-corrected chi connectivity index (χ2v) is 34.3. The van der Waals surface area contributed by atoms with Gasteiger partial charge in [0.1, 0.15) is 0 Å². The van der Waals surface area contributed by atoms with Crippen molar-refractivity contribution in [1.29, 1.82) is 0 Å². The third-order valence-corrected chi connectivity index (χ3v) is 17.1. The lowest BCUT2D eigenvalue weighted by atomic mass is 9.79. The van der Waals surface area contributed by atoms with Gasteiger partial charge in [-0.3, -0.25) is 0 Å². The summed E-state index contributed by atoms with van der Waals surface area (Å²) in [5.41, 5.74) is 25.3. The summed E-state index contributed by atoms with van der Waals surface area (Å²) in [5.74, 6) is 0. The molecular formula is C86H105I. The van der Waals surface area contributed by atoms with Crippen LogP contribution in [0.4, 0.5) is 0 Å². The van der Waals surface area contributed by atoms with Crippen molar-refractivity contribution in [1.82, 2.24) is 0 Å². The molecule has 0 atom stereocenters. The number of hydrogen-bond acceptors (Lipinski definition) is 0. The second kappa shape index (κ2) is 26.0. The highest BCUT2D eigenvalue weighted by Gasteiger charge is 2.24. The maximum Gasteiger partial charge on any atom is 0.0142 e. The minimum absolute atomic E-state index is 0.0343. The molecule has 0 aliphatic rings. The Labute approximate surface area is 543 Å². The number of rotatable bonds is 12. The largest absolute Gasteiger partial charge is 0.0561 e. The molecule has 0 amide bonds. The first-order valence-corrected chi connectivity index (χ1v) is 32.9. The normalized spacial score (nSPS) is 13.8. The number of halogens is 1. The van der Waals surface area contributed by atoms with Crippen LogP contribution in [0.15, 0.2) is 127 Å². The molecule has 7 aromatic carbocycles. The summed E-state index contributed by atoms with van der Waals surface area (Å²) in [6, 6.07) is 49.3. The first kappa shape index (κ1) is 68.2. The standard InChI is InChI=1S/C86H105I/c1-79(2,3)70-44-66(45-71(54-70)80(4,5)6)33-27-60-37-58(38-61(41-60)28-34-67-46-72(81(7,8)9)55-73(47-67)82(10,11)12)25-31-64-43-65(53-78(87)52-64)32-26-59-39-62(29-35-68-48-74(83(13,14)15)56-75(49-68)84(16,17)18)42-63(40-59)30-36-69-50-76(85(19,20)21)57-77(51-69)86(22,23)24/h25-57H,1-24H3/b31-25+,32-26+,33-27+,34-28+,35-29+,36-30+. The Kier molecular flexibility index (Phi) is 20.4. The summed E-state index contributed by atoms with van der Waals surface area (Å²) in [6.45, 7) is 55.4. The summed E-state index contributed by atoms with van der Waals surface area (Å²) in [5, 5.41) is 0. The zero-order valence-corrected chi connectivity index (χ0v) is 60.1. The molecule has 0 saturated carbocycles. The Morgan fingerprint density at radius 2 is 0.264 bits per heavy atom. The van der Waals surface area contributed by atoms with Gasteiger partial charge in [0.15, 0.2) is 0 Å². The SMILES string of the molecule is CC(C)(C)c1cc(/C=C/c2cc(/C=C/c3cc(I)cc(/C=C/c4cc(/C=C/c5cc(C(C)(C)C)cc(C(C)(C)C)c5)cc(/C=C/c5cc(C(C)(C)C)cc(C(C)(C)C)c5)c4)c3)cc(/C=C/c3cc(C(C)(C)C)cc(C(C)(C)C)c3)c2)cc(C(C)(C)C)c1. The summed E-state index contributed by atoms with van der Waals surface area (Å²) < 4.78 is 1.19. The van der Waals surface area contributed by atoms with Crippen LogP contribution in [0.3, 0.4) is 0 Å². The van der Waals surface area contributed by atoms with Crippen LogP contribution in [0.5, 0.6) is 0 Å². The van der Waals surface area contributed by atoms with E-state index in [9.17, 15) is 0 Å². The van der Waals surface area contributed by atoms with E-state index in [1.807, 2.05) is 0 Å². The van der Waals surface area contributed by atoms with Gasteiger partial charge in [-0.1, -0.05) is 312 Å². The molecule has 0 saturated heterocycles. The molecule has 0 aliphatic heterocycles. The number of hydrogen-bond donors (Lipinski definition) is 0. The minimum atomic E-state index is 0.0343. The van der Waals surface area contributed by atoms with E-state index >= 15 is 0 Å². The van der Waals surface area contributed by atoms with Gasteiger partial charge in [-0.2, -0.15) is 0 Å². The summed E-state index contributed by atoms with van der Waals surface area (Å²) >= 11 is 2.48. The van der Waals surface area contributed by atoms with Crippen molar-refractivity contribution in [2.24, 2.45) is 0 Å². The van der Waals surface area contributed by atoms with E-state index in [1.165, 1.54) is 70.3 Å². The Morgan fingerprint density at radius 3 is 0.379 bits per heavy atom. The summed E-state index contributed by atoms with van der Waals surface area (Å²) in [4.78, 5) is 0. The molecular weight excluding hydrogens is 1160 g/mol. The van der Waals surface area contributed by atoms with Gasteiger partial charge in [-0.25, -0.2) is 0 Å². The van der Waals surface area contributed by atoms with Crippen molar-refractivity contribution in [2.45, 2.75) is 209 Å². The van der Waals surface area contributed by atoms with E-state index < -0.39 is 0 Å². The topological polar surface area (TPSA) is 0 Å². The van der Waals surface area contributed by atoms with Crippen LogP contribution in [-0.2, 0) is 43.3 Å². The lowest BCUT2D eigenvalue weighted by molar-refractivity contribution is 0.568.